The maximum atomic E-state index is 11.9. The highest BCUT2D eigenvalue weighted by Crippen LogP contribution is 2.10. The molecule has 1 aromatic rings. The van der Waals surface area contributed by atoms with Gasteiger partial charge >= 0.3 is 0 Å². The van der Waals surface area contributed by atoms with Crippen LogP contribution in [0.1, 0.15) is 40.5 Å². The van der Waals surface area contributed by atoms with Crippen LogP contribution >= 0.6 is 0 Å². The fourth-order valence-electron chi connectivity index (χ4n) is 1.44. The van der Waals surface area contributed by atoms with Gasteiger partial charge in [-0.3, -0.25) is 9.59 Å². The summed E-state index contributed by atoms with van der Waals surface area (Å²) < 4.78 is 0. The number of nitrogens with one attached hydrogen (secondary N) is 1. The van der Waals surface area contributed by atoms with Crippen LogP contribution in [0.4, 0.5) is 0 Å². The van der Waals surface area contributed by atoms with Gasteiger partial charge in [-0.05, 0) is 23.1 Å². The Hall–Kier alpha value is -2.33. The minimum absolute atomic E-state index is 0.115. The van der Waals surface area contributed by atoms with Gasteiger partial charge in [-0.2, -0.15) is 0 Å². The molecule has 18 heavy (non-hydrogen) atoms. The zero-order valence-electron chi connectivity index (χ0n) is 10.1. The molecule has 1 rings (SSSR count). The second kappa shape index (κ2) is 7.09. The van der Waals surface area contributed by atoms with Crippen molar-refractivity contribution in [1.29, 1.82) is 0 Å². The summed E-state index contributed by atoms with van der Waals surface area (Å²) in [6, 6.07) is 6.26. The number of amides is 2. The number of hydrogen-bond donors (Lipinski definition) is 1. The average molecular weight is 246 g/mol. The lowest BCUT2D eigenvalue weighted by Crippen LogP contribution is -2.26. The van der Waals surface area contributed by atoms with Gasteiger partial charge in [0, 0.05) is 17.0 Å². The number of azide groups is 1. The zero-order chi connectivity index (χ0) is 13.4. The Morgan fingerprint density at radius 1 is 1.33 bits per heavy atom. The first-order chi connectivity index (χ1) is 8.70. The summed E-state index contributed by atoms with van der Waals surface area (Å²) in [5, 5.41) is 5.71. The van der Waals surface area contributed by atoms with Gasteiger partial charge in [-0.15, -0.1) is 0 Å². The van der Waals surface area contributed by atoms with Crippen LogP contribution in [-0.4, -0.2) is 18.4 Å². The third-order valence-electron chi connectivity index (χ3n) is 2.35. The molecule has 0 radical (unpaired) electrons. The summed E-state index contributed by atoms with van der Waals surface area (Å²) in [4.78, 5) is 25.8. The SMILES string of the molecule is CCCCNC(=O)c1ccccc1C(=O)N=[N+]=[N-]. The first kappa shape index (κ1) is 13.7. The average Bonchev–Trinajstić information content (AvgIpc) is 2.39. The molecule has 0 aromatic heterocycles. The van der Waals surface area contributed by atoms with Crippen molar-refractivity contribution < 1.29 is 9.59 Å². The lowest BCUT2D eigenvalue weighted by Gasteiger charge is -2.07. The second-order valence-corrected chi connectivity index (χ2v) is 3.65. The van der Waals surface area contributed by atoms with E-state index in [0.717, 1.165) is 12.8 Å². The first-order valence-electron chi connectivity index (χ1n) is 5.67. The molecule has 1 aromatic carbocycles. The van der Waals surface area contributed by atoms with Crippen LogP contribution in [0.15, 0.2) is 29.4 Å². The van der Waals surface area contributed by atoms with Crippen molar-refractivity contribution in [3.8, 4) is 0 Å². The van der Waals surface area contributed by atoms with Crippen molar-refractivity contribution in [1.82, 2.24) is 5.32 Å². The van der Waals surface area contributed by atoms with Gasteiger partial charge in [0.2, 0.25) is 5.91 Å². The second-order valence-electron chi connectivity index (χ2n) is 3.65. The maximum Gasteiger partial charge on any atom is 0.252 e. The van der Waals surface area contributed by atoms with Gasteiger partial charge < -0.3 is 5.32 Å². The minimum atomic E-state index is -0.751. The molecular weight excluding hydrogens is 232 g/mol. The Morgan fingerprint density at radius 3 is 2.61 bits per heavy atom. The maximum absolute atomic E-state index is 11.9. The molecule has 1 N–H and O–H groups in total. The molecule has 0 unspecified atom stereocenters. The molecule has 0 fully saturated rings. The number of carbonyl (C=O) groups is 2. The number of hydrogen-bond acceptors (Lipinski definition) is 2. The molecule has 0 aliphatic heterocycles. The van der Waals surface area contributed by atoms with Gasteiger partial charge in [0.15, 0.2) is 0 Å². The van der Waals surface area contributed by atoms with Crippen molar-refractivity contribution in [3.05, 3.63) is 45.8 Å². The van der Waals surface area contributed by atoms with E-state index in [9.17, 15) is 9.59 Å². The Balaban J connectivity index is 2.91. The van der Waals surface area contributed by atoms with Crippen LogP contribution in [0, 0.1) is 0 Å². The lowest BCUT2D eigenvalue weighted by atomic mass is 10.1. The molecule has 0 spiro atoms. The van der Waals surface area contributed by atoms with Gasteiger partial charge in [0.25, 0.3) is 5.91 Å². The van der Waals surface area contributed by atoms with E-state index in [2.05, 4.69) is 15.3 Å². The molecule has 0 atom stereocenters. The minimum Gasteiger partial charge on any atom is -0.352 e. The number of nitrogens with zero attached hydrogens (tertiary/aromatic N) is 3. The largest absolute Gasteiger partial charge is 0.352 e. The Morgan fingerprint density at radius 2 is 2.00 bits per heavy atom. The molecule has 2 amide bonds. The monoisotopic (exact) mass is 246 g/mol. The van der Waals surface area contributed by atoms with Crippen LogP contribution < -0.4 is 5.32 Å². The zero-order valence-corrected chi connectivity index (χ0v) is 10.1. The molecule has 6 heteroatoms. The van der Waals surface area contributed by atoms with E-state index in [1.165, 1.54) is 12.1 Å². The van der Waals surface area contributed by atoms with E-state index in [-0.39, 0.29) is 17.0 Å². The van der Waals surface area contributed by atoms with Crippen molar-refractivity contribution in [2.45, 2.75) is 19.8 Å². The van der Waals surface area contributed by atoms with Gasteiger partial charge in [0.1, 0.15) is 0 Å². The van der Waals surface area contributed by atoms with Crippen LogP contribution in [0.5, 0.6) is 0 Å². The molecule has 0 saturated heterocycles. The molecule has 0 saturated carbocycles. The molecule has 0 bridgehead atoms. The van der Waals surface area contributed by atoms with Crippen molar-refractivity contribution in [2.24, 2.45) is 5.11 Å². The quantitative estimate of drug-likeness (QED) is 0.374. The summed E-state index contributed by atoms with van der Waals surface area (Å²) >= 11 is 0. The summed E-state index contributed by atoms with van der Waals surface area (Å²) in [5.74, 6) is -1.08. The predicted octanol–water partition coefficient (Wildman–Crippen LogP) is 2.67. The normalized spacial score (nSPS) is 9.39. The molecule has 0 aliphatic rings. The highest BCUT2D eigenvalue weighted by molar-refractivity contribution is 6.07. The third kappa shape index (κ3) is 3.61. The van der Waals surface area contributed by atoms with Crippen LogP contribution in [-0.2, 0) is 0 Å². The molecule has 0 heterocycles. The molecule has 6 nitrogen and oxygen atoms in total. The first-order valence-corrected chi connectivity index (χ1v) is 5.67. The van der Waals surface area contributed by atoms with E-state index in [4.69, 9.17) is 5.53 Å². The smallest absolute Gasteiger partial charge is 0.252 e. The van der Waals surface area contributed by atoms with Gasteiger partial charge in [-0.1, -0.05) is 31.5 Å². The van der Waals surface area contributed by atoms with Crippen LogP contribution in [0.2, 0.25) is 0 Å². The summed E-state index contributed by atoms with van der Waals surface area (Å²) in [6.45, 7) is 2.57. The Bertz CT molecular complexity index is 493. The summed E-state index contributed by atoms with van der Waals surface area (Å²) in [6.07, 6.45) is 1.85. The van der Waals surface area contributed by atoms with Gasteiger partial charge in [0.05, 0.1) is 5.56 Å². The van der Waals surface area contributed by atoms with E-state index in [0.29, 0.717) is 6.54 Å². The molecule has 94 valence electrons. The number of benzene rings is 1. The molecule has 0 aliphatic carbocycles. The number of rotatable bonds is 5. The van der Waals surface area contributed by atoms with Crippen molar-refractivity contribution >= 4 is 11.8 Å². The molecular formula is C12H14N4O2. The fraction of sp³-hybridized carbons (Fsp3) is 0.333. The highest BCUT2D eigenvalue weighted by Gasteiger charge is 2.14. The lowest BCUT2D eigenvalue weighted by molar-refractivity contribution is 0.0936. The van der Waals surface area contributed by atoms with Crippen LogP contribution in [0.25, 0.3) is 10.4 Å². The van der Waals surface area contributed by atoms with Gasteiger partial charge in [-0.25, -0.2) is 0 Å². The standard InChI is InChI=1S/C12H14N4O2/c1-2-3-8-14-11(17)9-6-4-5-7-10(9)12(18)15-16-13/h4-7H,2-3,8H2,1H3,(H,14,17). The van der Waals surface area contributed by atoms with E-state index < -0.39 is 5.91 Å². The summed E-state index contributed by atoms with van der Waals surface area (Å²) in [5.41, 5.74) is 8.58. The van der Waals surface area contributed by atoms with Crippen molar-refractivity contribution in [3.63, 3.8) is 0 Å². The Kier molecular flexibility index (Phi) is 5.41. The predicted molar refractivity (Wildman–Crippen MR) is 67.2 cm³/mol. The summed E-state index contributed by atoms with van der Waals surface area (Å²) in [7, 11) is 0. The van der Waals surface area contributed by atoms with E-state index >= 15 is 0 Å². The van der Waals surface area contributed by atoms with E-state index in [1.54, 1.807) is 12.1 Å². The topological polar surface area (TPSA) is 94.9 Å². The highest BCUT2D eigenvalue weighted by atomic mass is 16.2. The number of unbranched alkanes of at least 4 members (excludes halogenated alkanes) is 1. The fourth-order valence-corrected chi connectivity index (χ4v) is 1.44. The van der Waals surface area contributed by atoms with E-state index in [1.807, 2.05) is 6.92 Å². The Labute approximate surface area is 105 Å². The van der Waals surface area contributed by atoms with Crippen molar-refractivity contribution in [2.75, 3.05) is 6.54 Å². The van der Waals surface area contributed by atoms with Crippen LogP contribution in [0.3, 0.4) is 0 Å². The number of carbonyl (C=O) groups excluding carboxylic acids is 2. The third-order valence-corrected chi connectivity index (χ3v) is 2.35.